The van der Waals surface area contributed by atoms with Gasteiger partial charge in [-0.2, -0.15) is 0 Å². The molecule has 76 valence electrons. The molecular weight excluding hydrogens is 254 g/mol. The Kier molecular flexibility index (Phi) is 2.68. The standard InChI is InChI=1S/C11H10BrN3/c1-7-2-3-8(12)6-9(7)10-4-5-11(13)15-14-10/h2-6H,1H3,(H2,13,15). The Balaban J connectivity index is 2.53. The van der Waals surface area contributed by atoms with Gasteiger partial charge in [-0.05, 0) is 36.8 Å². The van der Waals surface area contributed by atoms with E-state index >= 15 is 0 Å². The highest BCUT2D eigenvalue weighted by Crippen LogP contribution is 2.24. The number of rotatable bonds is 1. The van der Waals surface area contributed by atoms with Gasteiger partial charge in [-0.25, -0.2) is 0 Å². The van der Waals surface area contributed by atoms with E-state index in [9.17, 15) is 0 Å². The minimum Gasteiger partial charge on any atom is -0.382 e. The van der Waals surface area contributed by atoms with Gasteiger partial charge in [0.2, 0.25) is 0 Å². The van der Waals surface area contributed by atoms with Crippen molar-refractivity contribution in [2.24, 2.45) is 0 Å². The van der Waals surface area contributed by atoms with Crippen molar-refractivity contribution in [3.05, 3.63) is 40.4 Å². The Morgan fingerprint density at radius 1 is 1.13 bits per heavy atom. The Labute approximate surface area is 96.5 Å². The van der Waals surface area contributed by atoms with Gasteiger partial charge in [0.1, 0.15) is 5.82 Å². The molecule has 0 unspecified atom stereocenters. The van der Waals surface area contributed by atoms with Crippen LogP contribution in [0.5, 0.6) is 0 Å². The van der Waals surface area contributed by atoms with Gasteiger partial charge < -0.3 is 5.73 Å². The fourth-order valence-electron chi connectivity index (χ4n) is 1.36. The Bertz CT molecular complexity index is 480. The number of hydrogen-bond acceptors (Lipinski definition) is 3. The lowest BCUT2D eigenvalue weighted by molar-refractivity contribution is 1.05. The Hall–Kier alpha value is -1.42. The first kappa shape index (κ1) is 10.1. The first-order valence-corrected chi connectivity index (χ1v) is 5.32. The van der Waals surface area contributed by atoms with E-state index < -0.39 is 0 Å². The predicted octanol–water partition coefficient (Wildman–Crippen LogP) is 2.80. The monoisotopic (exact) mass is 263 g/mol. The molecule has 0 atom stereocenters. The SMILES string of the molecule is Cc1ccc(Br)cc1-c1ccc(N)nn1. The third-order valence-corrected chi connectivity index (χ3v) is 2.65. The van der Waals surface area contributed by atoms with Gasteiger partial charge in [0.25, 0.3) is 0 Å². The molecule has 0 saturated heterocycles. The second-order valence-electron chi connectivity index (χ2n) is 3.30. The van der Waals surface area contributed by atoms with Crippen molar-refractivity contribution in [3.8, 4) is 11.3 Å². The molecule has 1 heterocycles. The average molecular weight is 264 g/mol. The van der Waals surface area contributed by atoms with E-state index in [1.165, 1.54) is 0 Å². The Morgan fingerprint density at radius 2 is 1.93 bits per heavy atom. The van der Waals surface area contributed by atoms with E-state index in [1.807, 2.05) is 31.2 Å². The molecule has 15 heavy (non-hydrogen) atoms. The fourth-order valence-corrected chi connectivity index (χ4v) is 1.72. The van der Waals surface area contributed by atoms with Crippen LogP contribution >= 0.6 is 15.9 Å². The van der Waals surface area contributed by atoms with Crippen LogP contribution in [0.25, 0.3) is 11.3 Å². The maximum Gasteiger partial charge on any atom is 0.146 e. The van der Waals surface area contributed by atoms with Crippen LogP contribution in [0.1, 0.15) is 5.56 Å². The van der Waals surface area contributed by atoms with Crippen LogP contribution in [0.15, 0.2) is 34.8 Å². The smallest absolute Gasteiger partial charge is 0.146 e. The average Bonchev–Trinajstić information content (AvgIpc) is 2.23. The second-order valence-corrected chi connectivity index (χ2v) is 4.22. The molecule has 0 amide bonds. The molecule has 0 fully saturated rings. The van der Waals surface area contributed by atoms with Crippen LogP contribution < -0.4 is 5.73 Å². The molecule has 0 saturated carbocycles. The summed E-state index contributed by atoms with van der Waals surface area (Å²) in [5, 5.41) is 7.89. The lowest BCUT2D eigenvalue weighted by atomic mass is 10.1. The molecule has 1 aromatic heterocycles. The molecule has 0 radical (unpaired) electrons. The number of nitrogens with two attached hydrogens (primary N) is 1. The van der Waals surface area contributed by atoms with E-state index in [-0.39, 0.29) is 0 Å². The zero-order valence-corrected chi connectivity index (χ0v) is 9.82. The number of nitrogen functional groups attached to an aromatic ring is 1. The zero-order chi connectivity index (χ0) is 10.8. The molecule has 0 aliphatic carbocycles. The van der Waals surface area contributed by atoms with E-state index in [1.54, 1.807) is 6.07 Å². The normalized spacial score (nSPS) is 10.3. The lowest BCUT2D eigenvalue weighted by Crippen LogP contribution is -1.94. The van der Waals surface area contributed by atoms with Crippen LogP contribution in [0.4, 0.5) is 5.82 Å². The highest BCUT2D eigenvalue weighted by molar-refractivity contribution is 9.10. The van der Waals surface area contributed by atoms with Gasteiger partial charge in [0, 0.05) is 10.0 Å². The van der Waals surface area contributed by atoms with Crippen LogP contribution in [-0.4, -0.2) is 10.2 Å². The lowest BCUT2D eigenvalue weighted by Gasteiger charge is -2.04. The number of anilines is 1. The van der Waals surface area contributed by atoms with Crippen LogP contribution in [0.3, 0.4) is 0 Å². The largest absolute Gasteiger partial charge is 0.382 e. The quantitative estimate of drug-likeness (QED) is 0.861. The van der Waals surface area contributed by atoms with Gasteiger partial charge in [-0.3, -0.25) is 0 Å². The summed E-state index contributed by atoms with van der Waals surface area (Å²) >= 11 is 3.44. The van der Waals surface area contributed by atoms with Crippen molar-refractivity contribution in [2.75, 3.05) is 5.73 Å². The van der Waals surface area contributed by atoms with Crippen LogP contribution in [0.2, 0.25) is 0 Å². The third-order valence-electron chi connectivity index (χ3n) is 2.16. The number of aromatic nitrogens is 2. The molecule has 0 aliphatic heterocycles. The molecular formula is C11H10BrN3. The third kappa shape index (κ3) is 2.15. The highest BCUT2D eigenvalue weighted by atomic mass is 79.9. The minimum absolute atomic E-state index is 0.436. The van der Waals surface area contributed by atoms with E-state index in [0.717, 1.165) is 21.3 Å². The molecule has 0 aliphatic rings. The van der Waals surface area contributed by atoms with Crippen molar-refractivity contribution in [3.63, 3.8) is 0 Å². The minimum atomic E-state index is 0.436. The number of aryl methyl sites for hydroxylation is 1. The highest BCUT2D eigenvalue weighted by Gasteiger charge is 2.04. The maximum atomic E-state index is 5.49. The maximum absolute atomic E-state index is 5.49. The molecule has 2 N–H and O–H groups in total. The van der Waals surface area contributed by atoms with Gasteiger partial charge in [-0.1, -0.05) is 22.0 Å². The molecule has 0 bridgehead atoms. The van der Waals surface area contributed by atoms with Crippen LogP contribution in [-0.2, 0) is 0 Å². The summed E-state index contributed by atoms with van der Waals surface area (Å²) in [6, 6.07) is 9.69. The summed E-state index contributed by atoms with van der Waals surface area (Å²) in [4.78, 5) is 0. The summed E-state index contributed by atoms with van der Waals surface area (Å²) in [7, 11) is 0. The molecule has 3 nitrogen and oxygen atoms in total. The van der Waals surface area contributed by atoms with Crippen molar-refractivity contribution >= 4 is 21.7 Å². The van der Waals surface area contributed by atoms with Gasteiger partial charge in [0.15, 0.2) is 0 Å². The summed E-state index contributed by atoms with van der Waals surface area (Å²) in [6.07, 6.45) is 0. The van der Waals surface area contributed by atoms with E-state index in [0.29, 0.717) is 5.82 Å². The van der Waals surface area contributed by atoms with Gasteiger partial charge in [0.05, 0.1) is 5.69 Å². The van der Waals surface area contributed by atoms with Gasteiger partial charge in [-0.15, -0.1) is 10.2 Å². The second kappa shape index (κ2) is 3.98. The van der Waals surface area contributed by atoms with E-state index in [2.05, 4.69) is 26.1 Å². The zero-order valence-electron chi connectivity index (χ0n) is 8.24. The summed E-state index contributed by atoms with van der Waals surface area (Å²) in [6.45, 7) is 2.04. The van der Waals surface area contributed by atoms with Crippen molar-refractivity contribution in [1.82, 2.24) is 10.2 Å². The fraction of sp³-hybridized carbons (Fsp3) is 0.0909. The number of benzene rings is 1. The van der Waals surface area contributed by atoms with Gasteiger partial charge >= 0.3 is 0 Å². The molecule has 1 aromatic carbocycles. The van der Waals surface area contributed by atoms with Crippen molar-refractivity contribution in [2.45, 2.75) is 6.92 Å². The predicted molar refractivity (Wildman–Crippen MR) is 64.3 cm³/mol. The first-order valence-electron chi connectivity index (χ1n) is 4.52. The van der Waals surface area contributed by atoms with E-state index in [4.69, 9.17) is 5.73 Å². The summed E-state index contributed by atoms with van der Waals surface area (Å²) < 4.78 is 1.03. The number of hydrogen-bond donors (Lipinski definition) is 1. The molecule has 4 heteroatoms. The molecule has 0 spiro atoms. The molecule has 2 aromatic rings. The first-order chi connectivity index (χ1) is 7.16. The topological polar surface area (TPSA) is 51.8 Å². The van der Waals surface area contributed by atoms with Crippen molar-refractivity contribution in [1.29, 1.82) is 0 Å². The molecule has 2 rings (SSSR count). The number of halogens is 1. The van der Waals surface area contributed by atoms with Crippen molar-refractivity contribution < 1.29 is 0 Å². The Morgan fingerprint density at radius 3 is 2.60 bits per heavy atom. The number of nitrogens with zero attached hydrogens (tertiary/aromatic N) is 2. The van der Waals surface area contributed by atoms with Crippen LogP contribution in [0, 0.1) is 6.92 Å². The summed E-state index contributed by atoms with van der Waals surface area (Å²) in [5.41, 5.74) is 8.56. The summed E-state index contributed by atoms with van der Waals surface area (Å²) in [5.74, 6) is 0.436.